The summed E-state index contributed by atoms with van der Waals surface area (Å²) in [5.41, 5.74) is 3.99. The van der Waals surface area contributed by atoms with E-state index in [1.807, 2.05) is 0 Å². The predicted octanol–water partition coefficient (Wildman–Crippen LogP) is 3.34. The fourth-order valence-electron chi connectivity index (χ4n) is 5.35. The second-order valence-electron chi connectivity index (χ2n) is 6.72. The van der Waals surface area contributed by atoms with Gasteiger partial charge in [-0.25, -0.2) is 0 Å². The van der Waals surface area contributed by atoms with Crippen molar-refractivity contribution in [2.75, 3.05) is 20.7 Å². The van der Waals surface area contributed by atoms with Crippen LogP contribution < -0.4 is 4.74 Å². The van der Waals surface area contributed by atoms with Crippen LogP contribution in [0.5, 0.6) is 5.75 Å². The van der Waals surface area contributed by atoms with Gasteiger partial charge in [-0.2, -0.15) is 0 Å². The van der Waals surface area contributed by atoms with E-state index < -0.39 is 0 Å². The number of benzene rings is 1. The minimum absolute atomic E-state index is 0.315. The second-order valence-corrected chi connectivity index (χ2v) is 6.72. The molecule has 2 atom stereocenters. The molecule has 1 saturated heterocycles. The molecule has 4 rings (SSSR count). The number of nitrogens with zero attached hydrogens (tertiary/aromatic N) is 1. The van der Waals surface area contributed by atoms with Gasteiger partial charge in [0, 0.05) is 0 Å². The van der Waals surface area contributed by atoms with Crippen LogP contribution in [0.3, 0.4) is 0 Å². The van der Waals surface area contributed by atoms with Crippen molar-refractivity contribution in [2.45, 2.75) is 44.1 Å². The van der Waals surface area contributed by atoms with Gasteiger partial charge in [-0.05, 0) is 68.0 Å². The minimum Gasteiger partial charge on any atom is -0.497 e. The third kappa shape index (κ3) is 1.26. The van der Waals surface area contributed by atoms with Gasteiger partial charge in [0.2, 0.25) is 0 Å². The zero-order valence-electron chi connectivity index (χ0n) is 12.0. The largest absolute Gasteiger partial charge is 0.497 e. The minimum atomic E-state index is 0.315. The van der Waals surface area contributed by atoms with E-state index in [-0.39, 0.29) is 0 Å². The molecule has 1 aliphatic heterocycles. The zero-order chi connectivity index (χ0) is 13.1. The van der Waals surface area contributed by atoms with Crippen molar-refractivity contribution in [3.8, 4) is 5.75 Å². The van der Waals surface area contributed by atoms with Gasteiger partial charge in [-0.1, -0.05) is 18.9 Å². The van der Waals surface area contributed by atoms with E-state index in [0.29, 0.717) is 11.0 Å². The van der Waals surface area contributed by atoms with Gasteiger partial charge >= 0.3 is 0 Å². The van der Waals surface area contributed by atoms with Crippen molar-refractivity contribution in [1.82, 2.24) is 4.90 Å². The number of methoxy groups -OCH3 is 1. The van der Waals surface area contributed by atoms with Crippen LogP contribution in [-0.4, -0.2) is 25.6 Å². The Balaban J connectivity index is 1.93. The molecular weight excluding hydrogens is 234 g/mol. The average molecular weight is 257 g/mol. The number of rotatable bonds is 1. The van der Waals surface area contributed by atoms with Crippen LogP contribution in [0.1, 0.15) is 43.2 Å². The number of hydrogen-bond acceptors (Lipinski definition) is 2. The average Bonchev–Trinajstić information content (AvgIpc) is 2.90. The first-order valence-corrected chi connectivity index (χ1v) is 7.61. The molecule has 1 heterocycles. The summed E-state index contributed by atoms with van der Waals surface area (Å²) in [6.45, 7) is 1.26. The van der Waals surface area contributed by atoms with E-state index in [4.69, 9.17) is 4.74 Å². The number of hydrogen-bond donors (Lipinski definition) is 0. The second kappa shape index (κ2) is 3.76. The van der Waals surface area contributed by atoms with Crippen LogP contribution in [0, 0.1) is 5.41 Å². The SMILES string of the molecule is COc1ccc2c(c1)C13CCCCC1(CCN3C)C2. The lowest BCUT2D eigenvalue weighted by Gasteiger charge is -2.48. The van der Waals surface area contributed by atoms with E-state index in [1.165, 1.54) is 45.1 Å². The molecular formula is C17H23NO. The lowest BCUT2D eigenvalue weighted by atomic mass is 9.62. The third-order valence-electron chi connectivity index (χ3n) is 6.19. The van der Waals surface area contributed by atoms with Crippen molar-refractivity contribution in [2.24, 2.45) is 5.41 Å². The third-order valence-corrected chi connectivity index (χ3v) is 6.19. The van der Waals surface area contributed by atoms with E-state index in [1.54, 1.807) is 18.2 Å². The molecule has 2 nitrogen and oxygen atoms in total. The Morgan fingerprint density at radius 1 is 1.16 bits per heavy atom. The van der Waals surface area contributed by atoms with E-state index in [9.17, 15) is 0 Å². The summed E-state index contributed by atoms with van der Waals surface area (Å²) in [6, 6.07) is 6.78. The summed E-state index contributed by atoms with van der Waals surface area (Å²) in [7, 11) is 4.11. The molecule has 0 aromatic heterocycles. The molecule has 0 radical (unpaired) electrons. The van der Waals surface area contributed by atoms with E-state index in [0.717, 1.165) is 5.75 Å². The van der Waals surface area contributed by atoms with Gasteiger partial charge in [0.05, 0.1) is 12.6 Å². The summed E-state index contributed by atoms with van der Waals surface area (Å²) in [6.07, 6.45) is 8.21. The molecule has 2 fully saturated rings. The summed E-state index contributed by atoms with van der Waals surface area (Å²) in [4.78, 5) is 2.65. The maximum absolute atomic E-state index is 5.48. The number of fused-ring (bicyclic) bond motifs is 1. The molecule has 0 amide bonds. The van der Waals surface area contributed by atoms with E-state index in [2.05, 4.69) is 30.1 Å². The summed E-state index contributed by atoms with van der Waals surface area (Å²) >= 11 is 0. The van der Waals surface area contributed by atoms with Crippen molar-refractivity contribution in [3.63, 3.8) is 0 Å². The summed E-state index contributed by atoms with van der Waals surface area (Å²) < 4.78 is 5.48. The molecule has 19 heavy (non-hydrogen) atoms. The molecule has 0 bridgehead atoms. The van der Waals surface area contributed by atoms with Gasteiger partial charge in [0.15, 0.2) is 0 Å². The topological polar surface area (TPSA) is 12.5 Å². The Kier molecular flexibility index (Phi) is 2.33. The van der Waals surface area contributed by atoms with Crippen LogP contribution in [0.4, 0.5) is 0 Å². The zero-order valence-corrected chi connectivity index (χ0v) is 12.0. The number of likely N-dealkylation sites (tertiary alicyclic amines) is 1. The Morgan fingerprint density at radius 2 is 2.00 bits per heavy atom. The molecule has 0 N–H and O–H groups in total. The van der Waals surface area contributed by atoms with Crippen LogP contribution in [0.15, 0.2) is 18.2 Å². The molecule has 1 aromatic carbocycles. The first-order chi connectivity index (χ1) is 9.22. The molecule has 102 valence electrons. The highest BCUT2D eigenvalue weighted by molar-refractivity contribution is 5.48. The molecule has 1 aromatic rings. The van der Waals surface area contributed by atoms with Crippen LogP contribution in [0.25, 0.3) is 0 Å². The fourth-order valence-corrected chi connectivity index (χ4v) is 5.35. The van der Waals surface area contributed by atoms with Gasteiger partial charge in [0.25, 0.3) is 0 Å². The lowest BCUT2D eigenvalue weighted by molar-refractivity contribution is 0.0194. The maximum Gasteiger partial charge on any atom is 0.119 e. The van der Waals surface area contributed by atoms with Crippen molar-refractivity contribution < 1.29 is 4.74 Å². The predicted molar refractivity (Wildman–Crippen MR) is 76.5 cm³/mol. The Morgan fingerprint density at radius 3 is 2.84 bits per heavy atom. The van der Waals surface area contributed by atoms with Gasteiger partial charge in [-0.15, -0.1) is 0 Å². The van der Waals surface area contributed by atoms with Crippen LogP contribution in [-0.2, 0) is 12.0 Å². The Labute approximate surface area is 115 Å². The van der Waals surface area contributed by atoms with Crippen molar-refractivity contribution in [3.05, 3.63) is 29.3 Å². The molecule has 1 saturated carbocycles. The van der Waals surface area contributed by atoms with Crippen molar-refractivity contribution >= 4 is 0 Å². The van der Waals surface area contributed by atoms with Crippen molar-refractivity contribution in [1.29, 1.82) is 0 Å². The molecule has 2 unspecified atom stereocenters. The smallest absolute Gasteiger partial charge is 0.119 e. The van der Waals surface area contributed by atoms with Crippen LogP contribution >= 0.6 is 0 Å². The molecule has 0 spiro atoms. The van der Waals surface area contributed by atoms with Gasteiger partial charge in [0.1, 0.15) is 5.75 Å². The summed E-state index contributed by atoms with van der Waals surface area (Å²) in [5.74, 6) is 1.02. The first kappa shape index (κ1) is 11.8. The normalized spacial score (nSPS) is 36.7. The van der Waals surface area contributed by atoms with Gasteiger partial charge in [-0.3, -0.25) is 4.90 Å². The van der Waals surface area contributed by atoms with Gasteiger partial charge < -0.3 is 4.74 Å². The summed E-state index contributed by atoms with van der Waals surface area (Å²) in [5, 5.41) is 0. The number of ether oxygens (including phenoxy) is 1. The Hall–Kier alpha value is -1.02. The Bertz CT molecular complexity index is 522. The maximum atomic E-state index is 5.48. The first-order valence-electron chi connectivity index (χ1n) is 7.61. The highest BCUT2D eigenvalue weighted by atomic mass is 16.5. The molecule has 2 heteroatoms. The quantitative estimate of drug-likeness (QED) is 0.765. The highest BCUT2D eigenvalue weighted by Crippen LogP contribution is 2.65. The molecule has 3 aliphatic rings. The monoisotopic (exact) mass is 257 g/mol. The lowest BCUT2D eigenvalue weighted by Crippen LogP contribution is -2.49. The highest BCUT2D eigenvalue weighted by Gasteiger charge is 2.63. The van der Waals surface area contributed by atoms with Crippen LogP contribution in [0.2, 0.25) is 0 Å². The van der Waals surface area contributed by atoms with E-state index >= 15 is 0 Å². The fraction of sp³-hybridized carbons (Fsp3) is 0.647. The molecule has 2 aliphatic carbocycles. The standard InChI is InChI=1S/C17H23NO/c1-18-10-9-16-7-3-4-8-17(16,18)15-11-14(19-2)6-5-13(15)12-16/h5-6,11H,3-4,7-10,12H2,1-2H3.